The second-order valence-electron chi connectivity index (χ2n) is 4.55. The van der Waals surface area contributed by atoms with Crippen LogP contribution in [0, 0.1) is 0 Å². The van der Waals surface area contributed by atoms with Crippen LogP contribution in [0.25, 0.3) is 0 Å². The Bertz CT molecular complexity index is 791. The quantitative estimate of drug-likeness (QED) is 0.326. The normalized spacial score (nSPS) is 10.5. The van der Waals surface area contributed by atoms with Crippen LogP contribution in [0.4, 0.5) is 5.82 Å². The fourth-order valence-corrected chi connectivity index (χ4v) is 1.79. The number of rotatable bonds is 6. The lowest BCUT2D eigenvalue weighted by Crippen LogP contribution is -2.19. The smallest absolute Gasteiger partial charge is 0.308 e. The van der Waals surface area contributed by atoms with Crippen molar-refractivity contribution in [2.75, 3.05) is 20.0 Å². The van der Waals surface area contributed by atoms with Gasteiger partial charge in [-0.05, 0) is 22.4 Å². The van der Waals surface area contributed by atoms with Gasteiger partial charge in [0.25, 0.3) is 5.91 Å². The van der Waals surface area contributed by atoms with E-state index in [1.54, 1.807) is 12.1 Å². The Morgan fingerprint density at radius 2 is 1.88 bits per heavy atom. The lowest BCUT2D eigenvalue weighted by Gasteiger charge is -2.13. The van der Waals surface area contributed by atoms with E-state index < -0.39 is 11.9 Å². The average molecular weight is 349 g/mol. The van der Waals surface area contributed by atoms with Crippen LogP contribution in [-0.2, 0) is 4.79 Å². The number of nitrogens with zero attached hydrogens (tertiary/aromatic N) is 3. The highest BCUT2D eigenvalue weighted by atomic mass is 16.6. The van der Waals surface area contributed by atoms with Crippen LogP contribution >= 0.6 is 0 Å². The fourth-order valence-electron chi connectivity index (χ4n) is 1.79. The number of aromatic nitrogens is 2. The predicted molar refractivity (Wildman–Crippen MR) is 84.6 cm³/mol. The van der Waals surface area contributed by atoms with Gasteiger partial charge < -0.3 is 19.9 Å². The summed E-state index contributed by atoms with van der Waals surface area (Å²) in [5.74, 6) is -0.712. The summed E-state index contributed by atoms with van der Waals surface area (Å²) in [6, 6.07) is 3.09. The summed E-state index contributed by atoms with van der Waals surface area (Å²) in [6.45, 7) is 1.26. The maximum atomic E-state index is 11.8. The first-order chi connectivity index (χ1) is 12.0. The Kier molecular flexibility index (Phi) is 5.50. The van der Waals surface area contributed by atoms with Gasteiger partial charge in [-0.15, -0.1) is 0 Å². The van der Waals surface area contributed by atoms with E-state index in [0.29, 0.717) is 5.56 Å². The molecule has 1 aromatic heterocycles. The van der Waals surface area contributed by atoms with E-state index in [1.165, 1.54) is 27.4 Å². The Morgan fingerprint density at radius 1 is 1.24 bits per heavy atom. The molecule has 1 heterocycles. The van der Waals surface area contributed by atoms with Crippen LogP contribution in [0.2, 0.25) is 0 Å². The zero-order chi connectivity index (χ0) is 18.4. The molecular weight excluding hydrogens is 334 g/mol. The van der Waals surface area contributed by atoms with Crippen molar-refractivity contribution in [2.45, 2.75) is 6.92 Å². The van der Waals surface area contributed by atoms with Gasteiger partial charge in [0.1, 0.15) is 0 Å². The van der Waals surface area contributed by atoms with Gasteiger partial charge in [0.15, 0.2) is 11.5 Å². The fraction of sp³-hybridized carbons (Fsp3) is 0.214. The van der Waals surface area contributed by atoms with Crippen molar-refractivity contribution >= 4 is 23.9 Å². The van der Waals surface area contributed by atoms with Gasteiger partial charge in [0.2, 0.25) is 17.3 Å². The molecule has 11 nitrogen and oxygen atoms in total. The molecule has 0 aliphatic rings. The number of nitrogen functional groups attached to an aromatic ring is 1. The zero-order valence-corrected chi connectivity index (χ0v) is 13.6. The summed E-state index contributed by atoms with van der Waals surface area (Å²) in [6.07, 6.45) is 1.32. The van der Waals surface area contributed by atoms with Gasteiger partial charge in [0.05, 0.1) is 20.4 Å². The highest BCUT2D eigenvalue weighted by molar-refractivity contribution is 5.96. The van der Waals surface area contributed by atoms with Crippen molar-refractivity contribution in [2.24, 2.45) is 5.10 Å². The third kappa shape index (κ3) is 4.22. The Hall–Kier alpha value is -3.63. The summed E-state index contributed by atoms with van der Waals surface area (Å²) in [7, 11) is 2.82. The van der Waals surface area contributed by atoms with Crippen molar-refractivity contribution < 1.29 is 28.4 Å². The molecule has 0 saturated heterocycles. The zero-order valence-electron chi connectivity index (χ0n) is 13.6. The Morgan fingerprint density at radius 3 is 2.36 bits per heavy atom. The number of carbonyl (C=O) groups excluding carboxylic acids is 2. The molecule has 0 fully saturated rings. The topological polar surface area (TPSA) is 151 Å². The second-order valence-corrected chi connectivity index (χ2v) is 4.55. The third-order valence-electron chi connectivity index (χ3n) is 2.84. The number of esters is 1. The molecule has 0 saturated carbocycles. The minimum Gasteiger partial charge on any atom is -0.493 e. The molecule has 3 N–H and O–H groups in total. The molecular formula is C14H15N5O6. The van der Waals surface area contributed by atoms with Crippen molar-refractivity contribution in [3.8, 4) is 17.2 Å². The van der Waals surface area contributed by atoms with Crippen LogP contribution in [0.1, 0.15) is 23.0 Å². The molecule has 2 rings (SSSR count). The van der Waals surface area contributed by atoms with Crippen molar-refractivity contribution in [3.05, 3.63) is 23.4 Å². The number of hydrogen-bond acceptors (Lipinski definition) is 10. The van der Waals surface area contributed by atoms with Crippen LogP contribution in [-0.4, -0.2) is 42.6 Å². The number of hydrogen-bond donors (Lipinski definition) is 2. The molecule has 132 valence electrons. The summed E-state index contributed by atoms with van der Waals surface area (Å²) in [4.78, 5) is 22.9. The van der Waals surface area contributed by atoms with Crippen LogP contribution < -0.4 is 25.4 Å². The van der Waals surface area contributed by atoms with E-state index >= 15 is 0 Å². The highest BCUT2D eigenvalue weighted by Crippen LogP contribution is 2.38. The minimum atomic E-state index is -0.689. The molecule has 1 aromatic carbocycles. The molecule has 2 aromatic rings. The number of nitrogens with one attached hydrogen (secondary N) is 1. The van der Waals surface area contributed by atoms with Crippen molar-refractivity contribution in [1.82, 2.24) is 15.7 Å². The number of nitrogens with two attached hydrogens (primary N) is 1. The van der Waals surface area contributed by atoms with Crippen molar-refractivity contribution in [3.63, 3.8) is 0 Å². The molecule has 0 radical (unpaired) electrons. The lowest BCUT2D eigenvalue weighted by molar-refractivity contribution is -0.132. The van der Waals surface area contributed by atoms with Gasteiger partial charge in [-0.1, -0.05) is 0 Å². The molecule has 1 amide bonds. The first kappa shape index (κ1) is 17.7. The summed E-state index contributed by atoms with van der Waals surface area (Å²) in [5, 5.41) is 10.4. The maximum Gasteiger partial charge on any atom is 0.308 e. The summed E-state index contributed by atoms with van der Waals surface area (Å²) < 4.78 is 19.8. The lowest BCUT2D eigenvalue weighted by atomic mass is 10.2. The van der Waals surface area contributed by atoms with Gasteiger partial charge in [0, 0.05) is 12.5 Å². The molecule has 0 atom stereocenters. The number of methoxy groups -OCH3 is 2. The molecule has 0 spiro atoms. The van der Waals surface area contributed by atoms with E-state index in [2.05, 4.69) is 25.5 Å². The maximum absolute atomic E-state index is 11.8. The number of benzene rings is 1. The number of hydrazone groups is 1. The van der Waals surface area contributed by atoms with Gasteiger partial charge in [-0.2, -0.15) is 5.10 Å². The summed E-state index contributed by atoms with van der Waals surface area (Å²) in [5.41, 5.74) is 7.95. The minimum absolute atomic E-state index is 0.139. The molecule has 11 heteroatoms. The number of carbonyl (C=O) groups is 2. The first-order valence-electron chi connectivity index (χ1n) is 6.82. The molecule has 0 bridgehead atoms. The van der Waals surface area contributed by atoms with Crippen molar-refractivity contribution in [1.29, 1.82) is 0 Å². The van der Waals surface area contributed by atoms with Gasteiger partial charge >= 0.3 is 5.97 Å². The van der Waals surface area contributed by atoms with E-state index in [-0.39, 0.29) is 28.8 Å². The van der Waals surface area contributed by atoms with Gasteiger partial charge in [-0.3, -0.25) is 9.59 Å². The number of anilines is 1. The molecule has 0 aliphatic heterocycles. The first-order valence-corrected chi connectivity index (χ1v) is 6.82. The number of amides is 1. The molecule has 0 aliphatic carbocycles. The van der Waals surface area contributed by atoms with E-state index in [9.17, 15) is 9.59 Å². The predicted octanol–water partition coefficient (Wildman–Crippen LogP) is 0.358. The van der Waals surface area contributed by atoms with Gasteiger partial charge in [-0.25, -0.2) is 10.1 Å². The molecule has 0 unspecified atom stereocenters. The van der Waals surface area contributed by atoms with E-state index in [4.69, 9.17) is 19.9 Å². The standard InChI is InChI=1S/C14H15N5O6/c1-7(20)24-12-9(22-2)4-8(5-10(12)23-3)6-16-17-14(21)11-13(15)19-25-18-11/h4-6H,1-3H3,(H2,15,19)(H,17,21)/b16-6-. The third-order valence-corrected chi connectivity index (χ3v) is 2.84. The average Bonchev–Trinajstić information content (AvgIpc) is 3.01. The van der Waals surface area contributed by atoms with E-state index in [1.807, 2.05) is 0 Å². The molecule has 25 heavy (non-hydrogen) atoms. The van der Waals surface area contributed by atoms with E-state index in [0.717, 1.165) is 0 Å². The monoisotopic (exact) mass is 349 g/mol. The largest absolute Gasteiger partial charge is 0.493 e. The summed E-state index contributed by atoms with van der Waals surface area (Å²) >= 11 is 0. The number of ether oxygens (including phenoxy) is 3. The SMILES string of the molecule is COc1cc(/C=N\NC(=O)c2nonc2N)cc(OC)c1OC(C)=O. The van der Waals surface area contributed by atoms with Crippen LogP contribution in [0.5, 0.6) is 17.2 Å². The Balaban J connectivity index is 2.20. The Labute approximate surface area is 141 Å². The highest BCUT2D eigenvalue weighted by Gasteiger charge is 2.17. The van der Waals surface area contributed by atoms with Crippen LogP contribution in [0.3, 0.4) is 0 Å². The van der Waals surface area contributed by atoms with Crippen LogP contribution in [0.15, 0.2) is 21.9 Å². The second kappa shape index (κ2) is 7.77.